The van der Waals surface area contributed by atoms with Crippen molar-refractivity contribution in [2.24, 2.45) is 17.8 Å². The van der Waals surface area contributed by atoms with E-state index in [4.69, 9.17) is 0 Å². The van der Waals surface area contributed by atoms with E-state index in [1.165, 1.54) is 38.5 Å². The lowest BCUT2D eigenvalue weighted by atomic mass is 9.88. The Labute approximate surface area is 106 Å². The summed E-state index contributed by atoms with van der Waals surface area (Å²) in [7, 11) is 0. The molecular weight excluding hydrogens is 210 g/mol. The van der Waals surface area contributed by atoms with Gasteiger partial charge in [-0.25, -0.2) is 0 Å². The van der Waals surface area contributed by atoms with Crippen LogP contribution in [-0.2, 0) is 4.79 Å². The summed E-state index contributed by atoms with van der Waals surface area (Å²) in [5.41, 5.74) is 0. The largest absolute Gasteiger partial charge is 0.353 e. The maximum atomic E-state index is 12.2. The van der Waals surface area contributed by atoms with Crippen LogP contribution in [0, 0.1) is 17.8 Å². The van der Waals surface area contributed by atoms with Gasteiger partial charge in [-0.3, -0.25) is 4.79 Å². The molecule has 2 aliphatic carbocycles. The smallest absolute Gasteiger partial charge is 0.223 e. The van der Waals surface area contributed by atoms with Crippen molar-refractivity contribution in [3.8, 4) is 0 Å². The van der Waals surface area contributed by atoms with Crippen molar-refractivity contribution < 1.29 is 4.79 Å². The fourth-order valence-corrected chi connectivity index (χ4v) is 3.69. The van der Waals surface area contributed by atoms with Crippen molar-refractivity contribution in [1.82, 2.24) is 5.32 Å². The number of amides is 1. The molecule has 0 heterocycles. The van der Waals surface area contributed by atoms with Gasteiger partial charge in [0.1, 0.15) is 0 Å². The molecule has 0 unspecified atom stereocenters. The van der Waals surface area contributed by atoms with Gasteiger partial charge in [0, 0.05) is 12.0 Å². The fourth-order valence-electron chi connectivity index (χ4n) is 3.69. The highest BCUT2D eigenvalue weighted by Crippen LogP contribution is 2.48. The van der Waals surface area contributed by atoms with E-state index in [0.29, 0.717) is 23.8 Å². The van der Waals surface area contributed by atoms with Crippen molar-refractivity contribution in [3.63, 3.8) is 0 Å². The minimum Gasteiger partial charge on any atom is -0.353 e. The van der Waals surface area contributed by atoms with Gasteiger partial charge >= 0.3 is 0 Å². The Kier molecular flexibility index (Phi) is 4.47. The van der Waals surface area contributed by atoms with E-state index in [9.17, 15) is 4.79 Å². The third-order valence-corrected chi connectivity index (χ3v) is 4.70. The summed E-state index contributed by atoms with van der Waals surface area (Å²) < 4.78 is 0. The van der Waals surface area contributed by atoms with E-state index < -0.39 is 0 Å². The molecule has 0 radical (unpaired) electrons. The first-order valence-electron chi connectivity index (χ1n) is 7.51. The Morgan fingerprint density at radius 2 is 2.12 bits per heavy atom. The first kappa shape index (κ1) is 12.9. The summed E-state index contributed by atoms with van der Waals surface area (Å²) in [6.45, 7) is 4.37. The van der Waals surface area contributed by atoms with Gasteiger partial charge in [-0.15, -0.1) is 0 Å². The molecule has 0 aromatic heterocycles. The quantitative estimate of drug-likeness (QED) is 0.704. The van der Waals surface area contributed by atoms with Crippen LogP contribution in [0.4, 0.5) is 0 Å². The average molecular weight is 237 g/mol. The number of carbonyl (C=O) groups excluding carboxylic acids is 1. The Morgan fingerprint density at radius 1 is 1.29 bits per heavy atom. The standard InChI is InChI=1S/C15H27NO/c1-3-4-5-6-11(2)16-15(17)14-10-12-7-8-13(14)9-12/h11-14H,3-10H2,1-2H3,(H,16,17)/t11-,12-,13-,14-/m1/s1. The number of hydrogen-bond acceptors (Lipinski definition) is 1. The highest BCUT2D eigenvalue weighted by molar-refractivity contribution is 5.79. The van der Waals surface area contributed by atoms with Crippen molar-refractivity contribution in [1.29, 1.82) is 0 Å². The van der Waals surface area contributed by atoms with Crippen LogP contribution in [-0.4, -0.2) is 11.9 Å². The highest BCUT2D eigenvalue weighted by Gasteiger charge is 2.43. The normalized spacial score (nSPS) is 32.7. The molecule has 1 N–H and O–H groups in total. The van der Waals surface area contributed by atoms with E-state index in [2.05, 4.69) is 19.2 Å². The molecule has 2 bridgehead atoms. The SMILES string of the molecule is CCCCC[C@@H](C)NC(=O)[C@@H]1C[C@@H]2CC[C@@H]1C2. The molecule has 2 heteroatoms. The number of rotatable bonds is 6. The van der Waals surface area contributed by atoms with E-state index in [1.54, 1.807) is 0 Å². The molecule has 0 aromatic carbocycles. The van der Waals surface area contributed by atoms with Gasteiger partial charge in [0.2, 0.25) is 5.91 Å². The molecular formula is C15H27NO. The summed E-state index contributed by atoms with van der Waals surface area (Å²) in [4.78, 5) is 12.2. The first-order chi connectivity index (χ1) is 8.20. The molecule has 4 atom stereocenters. The summed E-state index contributed by atoms with van der Waals surface area (Å²) >= 11 is 0. The molecule has 0 spiro atoms. The molecule has 17 heavy (non-hydrogen) atoms. The monoisotopic (exact) mass is 237 g/mol. The van der Waals surface area contributed by atoms with Crippen LogP contribution in [0.5, 0.6) is 0 Å². The molecule has 98 valence electrons. The molecule has 0 aromatic rings. The molecule has 0 aliphatic heterocycles. The summed E-state index contributed by atoms with van der Waals surface area (Å²) in [6, 6.07) is 0.369. The lowest BCUT2D eigenvalue weighted by Gasteiger charge is -2.23. The van der Waals surface area contributed by atoms with Gasteiger partial charge in [0.15, 0.2) is 0 Å². The summed E-state index contributed by atoms with van der Waals surface area (Å²) in [5.74, 6) is 2.28. The van der Waals surface area contributed by atoms with E-state index in [1.807, 2.05) is 0 Å². The van der Waals surface area contributed by atoms with Crippen LogP contribution in [0.15, 0.2) is 0 Å². The van der Waals surface area contributed by atoms with Crippen molar-refractivity contribution in [2.45, 2.75) is 71.3 Å². The van der Waals surface area contributed by atoms with Gasteiger partial charge in [0.25, 0.3) is 0 Å². The number of carbonyl (C=O) groups is 1. The lowest BCUT2D eigenvalue weighted by Crippen LogP contribution is -2.39. The minimum absolute atomic E-state index is 0.348. The zero-order chi connectivity index (χ0) is 12.3. The molecule has 2 aliphatic rings. The number of unbranched alkanes of at least 4 members (excludes halogenated alkanes) is 2. The number of hydrogen-bond donors (Lipinski definition) is 1. The number of fused-ring (bicyclic) bond motifs is 2. The Balaban J connectivity index is 1.70. The molecule has 0 saturated heterocycles. The highest BCUT2D eigenvalue weighted by atomic mass is 16.2. The van der Waals surface area contributed by atoms with Gasteiger partial charge < -0.3 is 5.32 Å². The molecule has 2 fully saturated rings. The second-order valence-corrected chi connectivity index (χ2v) is 6.19. The second kappa shape index (κ2) is 5.88. The van der Waals surface area contributed by atoms with Crippen LogP contribution >= 0.6 is 0 Å². The van der Waals surface area contributed by atoms with Gasteiger partial charge in [-0.1, -0.05) is 32.6 Å². The zero-order valence-corrected chi connectivity index (χ0v) is 11.4. The van der Waals surface area contributed by atoms with Gasteiger partial charge in [-0.05, 0) is 44.4 Å². The van der Waals surface area contributed by atoms with Crippen LogP contribution in [0.25, 0.3) is 0 Å². The van der Waals surface area contributed by atoms with E-state index in [-0.39, 0.29) is 0 Å². The Morgan fingerprint density at radius 3 is 2.71 bits per heavy atom. The van der Waals surface area contributed by atoms with Gasteiger partial charge in [0.05, 0.1) is 0 Å². The third-order valence-electron chi connectivity index (χ3n) is 4.70. The van der Waals surface area contributed by atoms with Crippen molar-refractivity contribution in [3.05, 3.63) is 0 Å². The average Bonchev–Trinajstić information content (AvgIpc) is 2.91. The third kappa shape index (κ3) is 3.23. The van der Waals surface area contributed by atoms with Crippen LogP contribution in [0.3, 0.4) is 0 Å². The van der Waals surface area contributed by atoms with Crippen molar-refractivity contribution in [2.75, 3.05) is 0 Å². The lowest BCUT2D eigenvalue weighted by molar-refractivity contribution is -0.127. The number of nitrogens with one attached hydrogen (secondary N) is 1. The Bertz CT molecular complexity index is 264. The molecule has 2 nitrogen and oxygen atoms in total. The topological polar surface area (TPSA) is 29.1 Å². The predicted molar refractivity (Wildman–Crippen MR) is 70.7 cm³/mol. The van der Waals surface area contributed by atoms with Crippen LogP contribution < -0.4 is 5.32 Å². The van der Waals surface area contributed by atoms with Crippen LogP contribution in [0.1, 0.15) is 65.2 Å². The fraction of sp³-hybridized carbons (Fsp3) is 0.933. The van der Waals surface area contributed by atoms with Crippen molar-refractivity contribution >= 4 is 5.91 Å². The minimum atomic E-state index is 0.348. The molecule has 2 rings (SSSR count). The zero-order valence-electron chi connectivity index (χ0n) is 11.4. The predicted octanol–water partition coefficient (Wildman–Crippen LogP) is 3.51. The molecule has 2 saturated carbocycles. The van der Waals surface area contributed by atoms with E-state index in [0.717, 1.165) is 18.8 Å². The van der Waals surface area contributed by atoms with E-state index >= 15 is 0 Å². The maximum absolute atomic E-state index is 12.2. The summed E-state index contributed by atoms with van der Waals surface area (Å²) in [5, 5.41) is 3.23. The maximum Gasteiger partial charge on any atom is 0.223 e. The van der Waals surface area contributed by atoms with Crippen LogP contribution in [0.2, 0.25) is 0 Å². The second-order valence-electron chi connectivity index (χ2n) is 6.19. The molecule has 1 amide bonds. The first-order valence-corrected chi connectivity index (χ1v) is 7.51. The summed E-state index contributed by atoms with van der Waals surface area (Å²) in [6.07, 6.45) is 10.1. The Hall–Kier alpha value is -0.530. The van der Waals surface area contributed by atoms with Gasteiger partial charge in [-0.2, -0.15) is 0 Å².